The van der Waals surface area contributed by atoms with Gasteiger partial charge in [0.2, 0.25) is 5.91 Å². The predicted molar refractivity (Wildman–Crippen MR) is 79.4 cm³/mol. The molecule has 0 saturated heterocycles. The molecule has 1 rings (SSSR count). The quantitative estimate of drug-likeness (QED) is 0.772. The van der Waals surface area contributed by atoms with E-state index in [2.05, 4.69) is 15.9 Å². The Morgan fingerprint density at radius 1 is 1.32 bits per heavy atom. The van der Waals surface area contributed by atoms with Crippen LogP contribution in [0.3, 0.4) is 0 Å². The van der Waals surface area contributed by atoms with Crippen LogP contribution in [0.5, 0.6) is 0 Å². The predicted octanol–water partition coefficient (Wildman–Crippen LogP) is 2.86. The molecule has 0 radical (unpaired) electrons. The van der Waals surface area contributed by atoms with Gasteiger partial charge in [-0.3, -0.25) is 9.59 Å². The maximum atomic E-state index is 11.7. The fraction of sp³-hybridized carbons (Fsp3) is 0.385. The molecule has 0 fully saturated rings. The van der Waals surface area contributed by atoms with Crippen molar-refractivity contribution in [3.8, 4) is 0 Å². The lowest BCUT2D eigenvalue weighted by molar-refractivity contribution is -0.138. The lowest BCUT2D eigenvalue weighted by atomic mass is 10.3. The van der Waals surface area contributed by atoms with Crippen molar-refractivity contribution in [1.82, 2.24) is 4.90 Å². The number of nitrogens with zero attached hydrogens (tertiary/aromatic N) is 1. The zero-order chi connectivity index (χ0) is 14.3. The number of halogens is 1. The highest BCUT2D eigenvalue weighted by atomic mass is 79.9. The Kier molecular flexibility index (Phi) is 6.94. The second-order valence-corrected chi connectivity index (χ2v) is 5.98. The van der Waals surface area contributed by atoms with Crippen LogP contribution in [0.2, 0.25) is 0 Å². The van der Waals surface area contributed by atoms with Crippen LogP contribution in [0.25, 0.3) is 0 Å². The summed E-state index contributed by atoms with van der Waals surface area (Å²) in [4.78, 5) is 24.7. The molecular formula is C13H16BrNO3S. The first-order valence-corrected chi connectivity index (χ1v) is 7.61. The maximum Gasteiger partial charge on any atom is 0.305 e. The van der Waals surface area contributed by atoms with Gasteiger partial charge in [-0.1, -0.05) is 12.1 Å². The zero-order valence-electron chi connectivity index (χ0n) is 10.6. The number of rotatable bonds is 7. The molecule has 1 amide bonds. The molecule has 1 aromatic carbocycles. The molecule has 0 spiro atoms. The maximum absolute atomic E-state index is 11.7. The van der Waals surface area contributed by atoms with Gasteiger partial charge >= 0.3 is 5.97 Å². The number of carbonyl (C=O) groups excluding carboxylic acids is 1. The Balaban J connectivity index is 2.31. The monoisotopic (exact) mass is 345 g/mol. The van der Waals surface area contributed by atoms with Crippen LogP contribution >= 0.6 is 27.7 Å². The SMILES string of the molecule is CN(CCC(=O)O)C(=O)CCSc1ccccc1Br. The summed E-state index contributed by atoms with van der Waals surface area (Å²) in [5.74, 6) is -0.234. The first kappa shape index (κ1) is 16.0. The first-order chi connectivity index (χ1) is 9.00. The molecule has 4 nitrogen and oxygen atoms in total. The third-order valence-corrected chi connectivity index (χ3v) is 4.53. The average Bonchev–Trinajstić information content (AvgIpc) is 2.38. The molecule has 0 bridgehead atoms. The van der Waals surface area contributed by atoms with Crippen molar-refractivity contribution in [1.29, 1.82) is 0 Å². The lowest BCUT2D eigenvalue weighted by Gasteiger charge is -2.15. The van der Waals surface area contributed by atoms with Crippen LogP contribution < -0.4 is 0 Å². The van der Waals surface area contributed by atoms with Crippen molar-refractivity contribution in [2.24, 2.45) is 0 Å². The molecule has 0 aliphatic heterocycles. The van der Waals surface area contributed by atoms with Gasteiger partial charge in [-0.05, 0) is 28.1 Å². The average molecular weight is 346 g/mol. The molecule has 0 aliphatic carbocycles. The summed E-state index contributed by atoms with van der Waals surface area (Å²) < 4.78 is 1.02. The molecule has 0 saturated carbocycles. The third-order valence-electron chi connectivity index (χ3n) is 2.50. The van der Waals surface area contributed by atoms with Crippen LogP contribution in [0.4, 0.5) is 0 Å². The highest BCUT2D eigenvalue weighted by molar-refractivity contribution is 9.10. The van der Waals surface area contributed by atoms with Gasteiger partial charge in [0.15, 0.2) is 0 Å². The highest BCUT2D eigenvalue weighted by Crippen LogP contribution is 2.27. The normalized spacial score (nSPS) is 10.2. The van der Waals surface area contributed by atoms with Crippen LogP contribution in [-0.2, 0) is 9.59 Å². The molecule has 0 aliphatic rings. The van der Waals surface area contributed by atoms with Crippen LogP contribution in [0, 0.1) is 0 Å². The minimum atomic E-state index is -0.887. The Hall–Kier alpha value is -1.01. The summed E-state index contributed by atoms with van der Waals surface area (Å²) in [5.41, 5.74) is 0. The van der Waals surface area contributed by atoms with Crippen molar-refractivity contribution < 1.29 is 14.7 Å². The number of carboxylic acids is 1. The van der Waals surface area contributed by atoms with Crippen molar-refractivity contribution in [2.75, 3.05) is 19.3 Å². The van der Waals surface area contributed by atoms with Crippen molar-refractivity contribution in [2.45, 2.75) is 17.7 Å². The first-order valence-electron chi connectivity index (χ1n) is 5.84. The summed E-state index contributed by atoms with van der Waals surface area (Å²) >= 11 is 5.06. The van der Waals surface area contributed by atoms with E-state index in [1.54, 1.807) is 18.8 Å². The summed E-state index contributed by atoms with van der Waals surface area (Å²) in [5, 5.41) is 8.55. The number of benzene rings is 1. The highest BCUT2D eigenvalue weighted by Gasteiger charge is 2.10. The smallest absolute Gasteiger partial charge is 0.305 e. The Morgan fingerprint density at radius 3 is 2.63 bits per heavy atom. The van der Waals surface area contributed by atoms with Crippen LogP contribution in [0.1, 0.15) is 12.8 Å². The van der Waals surface area contributed by atoms with Crippen LogP contribution in [0.15, 0.2) is 33.6 Å². The van der Waals surface area contributed by atoms with Crippen molar-refractivity contribution >= 4 is 39.6 Å². The number of aliphatic carboxylic acids is 1. The number of amides is 1. The van der Waals surface area contributed by atoms with E-state index in [0.29, 0.717) is 12.2 Å². The van der Waals surface area contributed by atoms with Gasteiger partial charge in [-0.2, -0.15) is 0 Å². The topological polar surface area (TPSA) is 57.6 Å². The number of carbonyl (C=O) groups is 2. The summed E-state index contributed by atoms with van der Waals surface area (Å²) in [6.07, 6.45) is 0.391. The van der Waals surface area contributed by atoms with E-state index < -0.39 is 5.97 Å². The molecule has 19 heavy (non-hydrogen) atoms. The van der Waals surface area contributed by atoms with Gasteiger partial charge in [0.1, 0.15) is 0 Å². The van der Waals surface area contributed by atoms with Gasteiger partial charge < -0.3 is 10.0 Å². The van der Waals surface area contributed by atoms with Gasteiger partial charge in [0, 0.05) is 35.1 Å². The molecule has 1 N–H and O–H groups in total. The van der Waals surface area contributed by atoms with Gasteiger partial charge in [-0.15, -0.1) is 11.8 Å². The lowest BCUT2D eigenvalue weighted by Crippen LogP contribution is -2.29. The molecular weight excluding hydrogens is 330 g/mol. The van der Waals surface area contributed by atoms with E-state index in [4.69, 9.17) is 5.11 Å². The fourth-order valence-corrected chi connectivity index (χ4v) is 2.89. The van der Waals surface area contributed by atoms with Crippen molar-refractivity contribution in [3.05, 3.63) is 28.7 Å². The number of hydrogen-bond donors (Lipinski definition) is 1. The Morgan fingerprint density at radius 2 is 2.00 bits per heavy atom. The number of thioether (sulfide) groups is 1. The molecule has 0 atom stereocenters. The number of hydrogen-bond acceptors (Lipinski definition) is 3. The van der Waals surface area contributed by atoms with E-state index >= 15 is 0 Å². The van der Waals surface area contributed by atoms with Gasteiger partial charge in [0.05, 0.1) is 6.42 Å². The van der Waals surface area contributed by atoms with Crippen LogP contribution in [-0.4, -0.2) is 41.2 Å². The summed E-state index contributed by atoms with van der Waals surface area (Å²) in [6.45, 7) is 0.258. The third kappa shape index (κ3) is 6.11. The molecule has 0 unspecified atom stereocenters. The largest absolute Gasteiger partial charge is 0.481 e. The fourth-order valence-electron chi connectivity index (χ4n) is 1.39. The van der Waals surface area contributed by atoms with E-state index in [1.165, 1.54) is 4.90 Å². The molecule has 0 aromatic heterocycles. The second-order valence-electron chi connectivity index (χ2n) is 3.99. The minimum absolute atomic E-state index is 0.0143. The Bertz CT molecular complexity index is 453. The molecule has 1 aromatic rings. The minimum Gasteiger partial charge on any atom is -0.481 e. The van der Waals surface area contributed by atoms with Gasteiger partial charge in [0.25, 0.3) is 0 Å². The summed E-state index contributed by atoms with van der Waals surface area (Å²) in [7, 11) is 1.63. The van der Waals surface area contributed by atoms with E-state index in [-0.39, 0.29) is 18.9 Å². The van der Waals surface area contributed by atoms with E-state index in [0.717, 1.165) is 9.37 Å². The number of carboxylic acid groups (broad SMARTS) is 1. The zero-order valence-corrected chi connectivity index (χ0v) is 13.0. The van der Waals surface area contributed by atoms with E-state index in [1.807, 2.05) is 24.3 Å². The van der Waals surface area contributed by atoms with Gasteiger partial charge in [-0.25, -0.2) is 0 Å². The second kappa shape index (κ2) is 8.22. The Labute approximate surface area is 125 Å². The van der Waals surface area contributed by atoms with E-state index in [9.17, 15) is 9.59 Å². The van der Waals surface area contributed by atoms with Crippen molar-refractivity contribution in [3.63, 3.8) is 0 Å². The standard InChI is InChI=1S/C13H16BrNO3S/c1-15(8-6-13(17)18)12(16)7-9-19-11-5-3-2-4-10(11)14/h2-5H,6-9H2,1H3,(H,17,18). The molecule has 0 heterocycles. The summed E-state index contributed by atoms with van der Waals surface area (Å²) in [6, 6.07) is 7.85. The molecule has 104 valence electrons. The molecule has 6 heteroatoms.